The molecule has 118 valence electrons. The molecule has 3 nitrogen and oxygen atoms in total. The van der Waals surface area contributed by atoms with Crippen LogP contribution in [0.15, 0.2) is 42.6 Å². The summed E-state index contributed by atoms with van der Waals surface area (Å²) in [6.45, 7) is 1.67. The maximum absolute atomic E-state index is 15.1. The number of nitrogens with zero attached hydrogens (tertiary/aromatic N) is 3. The van der Waals surface area contributed by atoms with Crippen molar-refractivity contribution in [2.75, 3.05) is 0 Å². The zero-order chi connectivity index (χ0) is 16.8. The second kappa shape index (κ2) is 5.65. The van der Waals surface area contributed by atoms with Gasteiger partial charge in [0.2, 0.25) is 0 Å². The van der Waals surface area contributed by atoms with Gasteiger partial charge in [-0.2, -0.15) is 0 Å². The van der Waals surface area contributed by atoms with Crippen LogP contribution in [0, 0.1) is 12.7 Å². The molecular formula is C18H10Cl2FN3. The number of rotatable bonds is 1. The quantitative estimate of drug-likeness (QED) is 0.416. The highest BCUT2D eigenvalue weighted by Crippen LogP contribution is 2.36. The van der Waals surface area contributed by atoms with Crippen molar-refractivity contribution in [3.8, 4) is 11.3 Å². The first-order chi connectivity index (χ1) is 11.6. The molecule has 0 aliphatic rings. The first-order valence-electron chi connectivity index (χ1n) is 7.22. The van der Waals surface area contributed by atoms with E-state index in [-0.39, 0.29) is 16.4 Å². The van der Waals surface area contributed by atoms with Crippen LogP contribution >= 0.6 is 23.2 Å². The maximum atomic E-state index is 15.1. The minimum atomic E-state index is -0.535. The number of aryl methyl sites for hydroxylation is 1. The molecule has 0 N–H and O–H groups in total. The van der Waals surface area contributed by atoms with Gasteiger partial charge in [0.15, 0.2) is 5.82 Å². The molecule has 6 heteroatoms. The number of aromatic nitrogens is 3. The third-order valence-corrected chi connectivity index (χ3v) is 4.46. The highest BCUT2D eigenvalue weighted by atomic mass is 35.5. The van der Waals surface area contributed by atoms with Crippen molar-refractivity contribution in [2.45, 2.75) is 6.92 Å². The second-order valence-corrected chi connectivity index (χ2v) is 6.15. The topological polar surface area (TPSA) is 38.7 Å². The average Bonchev–Trinajstić information content (AvgIpc) is 2.56. The lowest BCUT2D eigenvalue weighted by molar-refractivity contribution is 0.634. The van der Waals surface area contributed by atoms with E-state index in [1.165, 1.54) is 6.20 Å². The van der Waals surface area contributed by atoms with Crippen molar-refractivity contribution in [1.29, 1.82) is 0 Å². The number of halogens is 3. The third kappa shape index (κ3) is 2.30. The van der Waals surface area contributed by atoms with Crippen LogP contribution in [0.5, 0.6) is 0 Å². The minimum Gasteiger partial charge on any atom is -0.252 e. The lowest BCUT2D eigenvalue weighted by Gasteiger charge is -2.10. The Balaban J connectivity index is 2.10. The van der Waals surface area contributed by atoms with Crippen molar-refractivity contribution < 1.29 is 4.39 Å². The summed E-state index contributed by atoms with van der Waals surface area (Å²) in [4.78, 5) is 12.5. The summed E-state index contributed by atoms with van der Waals surface area (Å²) in [7, 11) is 0. The number of hydrogen-bond donors (Lipinski definition) is 0. The van der Waals surface area contributed by atoms with Crippen molar-refractivity contribution >= 4 is 44.9 Å². The van der Waals surface area contributed by atoms with Crippen LogP contribution in [0.2, 0.25) is 10.2 Å². The smallest absolute Gasteiger partial charge is 0.175 e. The van der Waals surface area contributed by atoms with Gasteiger partial charge in [0.05, 0.1) is 5.39 Å². The lowest BCUT2D eigenvalue weighted by atomic mass is 10.0. The Morgan fingerprint density at radius 1 is 1.00 bits per heavy atom. The molecule has 4 aromatic rings. The van der Waals surface area contributed by atoms with Gasteiger partial charge in [0.1, 0.15) is 22.2 Å². The van der Waals surface area contributed by atoms with Crippen LogP contribution in [-0.4, -0.2) is 15.0 Å². The Morgan fingerprint density at radius 2 is 1.75 bits per heavy atom. The standard InChI is InChI=1S/C18H10Cl2FN3/c1-9-23-17-12(18(20)24-9)8-22-16(15(17)21)11-6-2-4-10-5-3-7-13(19)14(10)11/h2-8H,1H3. The van der Waals surface area contributed by atoms with E-state index < -0.39 is 5.82 Å². The zero-order valence-electron chi connectivity index (χ0n) is 12.5. The van der Waals surface area contributed by atoms with Crippen molar-refractivity contribution in [2.24, 2.45) is 0 Å². The fraction of sp³-hybridized carbons (Fsp3) is 0.0556. The van der Waals surface area contributed by atoms with Crippen LogP contribution in [0.25, 0.3) is 32.9 Å². The molecule has 0 radical (unpaired) electrons. The first kappa shape index (κ1) is 15.2. The molecular weight excluding hydrogens is 348 g/mol. The number of hydrogen-bond acceptors (Lipinski definition) is 3. The Kier molecular flexibility index (Phi) is 3.59. The Bertz CT molecular complexity index is 1110. The summed E-state index contributed by atoms with van der Waals surface area (Å²) in [6.07, 6.45) is 1.49. The van der Waals surface area contributed by atoms with Crippen molar-refractivity contribution in [3.63, 3.8) is 0 Å². The minimum absolute atomic E-state index is 0.154. The summed E-state index contributed by atoms with van der Waals surface area (Å²) < 4.78 is 15.1. The van der Waals surface area contributed by atoms with Gasteiger partial charge >= 0.3 is 0 Å². The maximum Gasteiger partial charge on any atom is 0.175 e. The fourth-order valence-corrected chi connectivity index (χ4v) is 3.35. The van der Waals surface area contributed by atoms with E-state index in [0.717, 1.165) is 10.8 Å². The second-order valence-electron chi connectivity index (χ2n) is 5.39. The number of pyridine rings is 1. The first-order valence-corrected chi connectivity index (χ1v) is 7.98. The molecule has 2 heterocycles. The highest BCUT2D eigenvalue weighted by Gasteiger charge is 2.17. The van der Waals surface area contributed by atoms with Gasteiger partial charge in [0, 0.05) is 22.2 Å². The van der Waals surface area contributed by atoms with Crippen LogP contribution in [0.4, 0.5) is 4.39 Å². The number of fused-ring (bicyclic) bond motifs is 2. The molecule has 24 heavy (non-hydrogen) atoms. The number of benzene rings is 2. The van der Waals surface area contributed by atoms with E-state index in [2.05, 4.69) is 15.0 Å². The summed E-state index contributed by atoms with van der Waals surface area (Å²) in [6, 6.07) is 11.1. The van der Waals surface area contributed by atoms with Gasteiger partial charge < -0.3 is 0 Å². The van der Waals surface area contributed by atoms with Crippen LogP contribution in [0.1, 0.15) is 5.82 Å². The molecule has 0 unspecified atom stereocenters. The summed E-state index contributed by atoms with van der Waals surface area (Å²) >= 11 is 12.4. The monoisotopic (exact) mass is 357 g/mol. The molecule has 0 bridgehead atoms. The van der Waals surface area contributed by atoms with Gasteiger partial charge in [-0.15, -0.1) is 0 Å². The van der Waals surface area contributed by atoms with Crippen LogP contribution < -0.4 is 0 Å². The molecule has 2 aromatic carbocycles. The SMILES string of the molecule is Cc1nc(Cl)c2cnc(-c3cccc4cccc(Cl)c34)c(F)c2n1. The molecule has 0 saturated heterocycles. The molecule has 0 atom stereocenters. The molecule has 0 fully saturated rings. The van der Waals surface area contributed by atoms with E-state index in [1.807, 2.05) is 24.3 Å². The van der Waals surface area contributed by atoms with Crippen molar-refractivity contribution in [3.05, 3.63) is 64.4 Å². The highest BCUT2D eigenvalue weighted by molar-refractivity contribution is 6.36. The summed E-state index contributed by atoms with van der Waals surface area (Å²) in [5.74, 6) is -0.133. The van der Waals surface area contributed by atoms with E-state index in [0.29, 0.717) is 21.8 Å². The molecule has 0 spiro atoms. The largest absolute Gasteiger partial charge is 0.252 e. The molecule has 0 amide bonds. The fourth-order valence-electron chi connectivity index (χ4n) is 2.81. The molecule has 2 aromatic heterocycles. The lowest BCUT2D eigenvalue weighted by Crippen LogP contribution is -1.98. The van der Waals surface area contributed by atoms with Gasteiger partial charge in [0.25, 0.3) is 0 Å². The molecule has 0 aliphatic heterocycles. The molecule has 4 rings (SSSR count). The van der Waals surface area contributed by atoms with E-state index in [4.69, 9.17) is 23.2 Å². The predicted molar refractivity (Wildman–Crippen MR) is 95.0 cm³/mol. The van der Waals surface area contributed by atoms with E-state index >= 15 is 4.39 Å². The van der Waals surface area contributed by atoms with Gasteiger partial charge in [-0.05, 0) is 18.4 Å². The van der Waals surface area contributed by atoms with Gasteiger partial charge in [-0.3, -0.25) is 4.98 Å². The Morgan fingerprint density at radius 3 is 2.54 bits per heavy atom. The average molecular weight is 358 g/mol. The van der Waals surface area contributed by atoms with E-state index in [9.17, 15) is 0 Å². The normalized spacial score (nSPS) is 11.3. The van der Waals surface area contributed by atoms with Gasteiger partial charge in [-0.25, -0.2) is 14.4 Å². The van der Waals surface area contributed by atoms with E-state index in [1.54, 1.807) is 19.1 Å². The Labute approximate surface area is 147 Å². The summed E-state index contributed by atoms with van der Waals surface area (Å²) in [5, 5.41) is 2.78. The zero-order valence-corrected chi connectivity index (χ0v) is 14.0. The molecule has 0 aliphatic carbocycles. The van der Waals surface area contributed by atoms with Gasteiger partial charge in [-0.1, -0.05) is 53.5 Å². The third-order valence-electron chi connectivity index (χ3n) is 3.86. The van der Waals surface area contributed by atoms with Crippen LogP contribution in [-0.2, 0) is 0 Å². The molecule has 0 saturated carbocycles. The summed E-state index contributed by atoms with van der Waals surface area (Å²) in [5.41, 5.74) is 0.960. The Hall–Kier alpha value is -2.30. The van der Waals surface area contributed by atoms with Crippen LogP contribution in [0.3, 0.4) is 0 Å². The van der Waals surface area contributed by atoms with Crippen molar-refractivity contribution in [1.82, 2.24) is 15.0 Å². The predicted octanol–water partition coefficient (Wildman–Crippen LogP) is 5.60.